The zero-order valence-corrected chi connectivity index (χ0v) is 17.7. The standard InChI is InChI=1S/C20H20ClN5O2S/c1-11-15(25-14-5-4-6-16(28-3)18(14)21)7-12-9-23-26(19(12)24-11)13-8-17(29-10-13)20(27)22-2/h4-10,20,22,25,27H,1-3H3. The maximum absolute atomic E-state index is 9.96. The summed E-state index contributed by atoms with van der Waals surface area (Å²) in [5.41, 5.74) is 3.99. The number of aliphatic hydroxyl groups is 1. The molecule has 4 rings (SSSR count). The lowest BCUT2D eigenvalue weighted by Crippen LogP contribution is -2.13. The maximum Gasteiger partial charge on any atom is 0.163 e. The van der Waals surface area contributed by atoms with Crippen LogP contribution in [0.1, 0.15) is 16.8 Å². The van der Waals surface area contributed by atoms with E-state index in [0.29, 0.717) is 10.8 Å². The van der Waals surface area contributed by atoms with Gasteiger partial charge in [-0.3, -0.25) is 5.32 Å². The van der Waals surface area contributed by atoms with Crippen LogP contribution in [0.4, 0.5) is 11.4 Å². The molecule has 7 nitrogen and oxygen atoms in total. The number of aromatic nitrogens is 3. The van der Waals surface area contributed by atoms with Crippen LogP contribution in [0, 0.1) is 6.92 Å². The Hall–Kier alpha value is -2.65. The van der Waals surface area contributed by atoms with Gasteiger partial charge in [-0.05, 0) is 38.2 Å². The van der Waals surface area contributed by atoms with E-state index < -0.39 is 6.23 Å². The number of thiophene rings is 1. The molecule has 1 aromatic carbocycles. The number of hydrogen-bond acceptors (Lipinski definition) is 7. The zero-order valence-electron chi connectivity index (χ0n) is 16.1. The molecule has 29 heavy (non-hydrogen) atoms. The number of aliphatic hydroxyl groups excluding tert-OH is 1. The fraction of sp³-hybridized carbons (Fsp3) is 0.200. The highest BCUT2D eigenvalue weighted by Gasteiger charge is 2.15. The normalized spacial score (nSPS) is 12.3. The summed E-state index contributed by atoms with van der Waals surface area (Å²) < 4.78 is 7.05. The van der Waals surface area contributed by atoms with E-state index in [1.807, 2.05) is 42.6 Å². The third kappa shape index (κ3) is 3.67. The molecule has 150 valence electrons. The first-order valence-corrected chi connectivity index (χ1v) is 10.2. The van der Waals surface area contributed by atoms with Gasteiger partial charge >= 0.3 is 0 Å². The molecule has 0 saturated carbocycles. The lowest BCUT2D eigenvalue weighted by molar-refractivity contribution is 0.153. The van der Waals surface area contributed by atoms with Gasteiger partial charge in [-0.1, -0.05) is 17.7 Å². The van der Waals surface area contributed by atoms with Crippen molar-refractivity contribution in [3.63, 3.8) is 0 Å². The Kier molecular flexibility index (Phi) is 5.42. The molecule has 0 saturated heterocycles. The molecule has 0 amide bonds. The third-order valence-corrected chi connectivity index (χ3v) is 5.94. The first-order chi connectivity index (χ1) is 14.0. The van der Waals surface area contributed by atoms with Gasteiger partial charge in [0.2, 0.25) is 0 Å². The fourth-order valence-electron chi connectivity index (χ4n) is 3.01. The van der Waals surface area contributed by atoms with Gasteiger partial charge in [-0.15, -0.1) is 11.3 Å². The number of nitrogens with one attached hydrogen (secondary N) is 2. The number of ether oxygens (including phenoxy) is 1. The van der Waals surface area contributed by atoms with E-state index in [9.17, 15) is 5.11 Å². The Morgan fingerprint density at radius 2 is 2.10 bits per heavy atom. The molecule has 3 aromatic heterocycles. The number of fused-ring (bicyclic) bond motifs is 1. The molecule has 0 aliphatic carbocycles. The number of hydrogen-bond donors (Lipinski definition) is 3. The van der Waals surface area contributed by atoms with Crippen LogP contribution < -0.4 is 15.4 Å². The largest absolute Gasteiger partial charge is 0.495 e. The maximum atomic E-state index is 9.96. The molecule has 3 heterocycles. The zero-order chi connectivity index (χ0) is 20.5. The topological polar surface area (TPSA) is 84.2 Å². The van der Waals surface area contributed by atoms with E-state index in [0.717, 1.165) is 38.7 Å². The van der Waals surface area contributed by atoms with Crippen molar-refractivity contribution in [2.24, 2.45) is 0 Å². The lowest BCUT2D eigenvalue weighted by atomic mass is 10.2. The van der Waals surface area contributed by atoms with E-state index >= 15 is 0 Å². The van der Waals surface area contributed by atoms with Gasteiger partial charge in [-0.2, -0.15) is 5.10 Å². The molecule has 0 bridgehead atoms. The van der Waals surface area contributed by atoms with Crippen molar-refractivity contribution >= 4 is 45.3 Å². The first-order valence-electron chi connectivity index (χ1n) is 8.91. The summed E-state index contributed by atoms with van der Waals surface area (Å²) in [4.78, 5) is 5.56. The van der Waals surface area contributed by atoms with Crippen molar-refractivity contribution in [2.45, 2.75) is 13.2 Å². The summed E-state index contributed by atoms with van der Waals surface area (Å²) in [6.45, 7) is 1.93. The van der Waals surface area contributed by atoms with Crippen molar-refractivity contribution in [2.75, 3.05) is 19.5 Å². The van der Waals surface area contributed by atoms with Gasteiger partial charge in [-0.25, -0.2) is 9.67 Å². The summed E-state index contributed by atoms with van der Waals surface area (Å²) in [6.07, 6.45) is 1.07. The van der Waals surface area contributed by atoms with Crippen molar-refractivity contribution in [3.8, 4) is 11.4 Å². The molecule has 0 aliphatic rings. The van der Waals surface area contributed by atoms with Gasteiger partial charge in [0.25, 0.3) is 0 Å². The van der Waals surface area contributed by atoms with E-state index in [2.05, 4.69) is 15.7 Å². The van der Waals surface area contributed by atoms with E-state index in [1.54, 1.807) is 25.0 Å². The van der Waals surface area contributed by atoms with Crippen molar-refractivity contribution in [1.82, 2.24) is 20.1 Å². The van der Waals surface area contributed by atoms with Gasteiger partial charge < -0.3 is 15.2 Å². The highest BCUT2D eigenvalue weighted by atomic mass is 35.5. The predicted octanol–water partition coefficient (Wildman–Crippen LogP) is 4.41. The van der Waals surface area contributed by atoms with Crippen molar-refractivity contribution in [3.05, 3.63) is 57.5 Å². The monoisotopic (exact) mass is 429 g/mol. The average molecular weight is 430 g/mol. The van der Waals surface area contributed by atoms with E-state index in [4.69, 9.17) is 21.3 Å². The summed E-state index contributed by atoms with van der Waals surface area (Å²) in [6, 6.07) is 9.47. The van der Waals surface area contributed by atoms with Gasteiger partial charge in [0, 0.05) is 15.6 Å². The second-order valence-corrected chi connectivity index (χ2v) is 7.76. The number of methoxy groups -OCH3 is 1. The fourth-order valence-corrected chi connectivity index (χ4v) is 4.12. The van der Waals surface area contributed by atoms with Crippen LogP contribution in [0.5, 0.6) is 5.75 Å². The minimum Gasteiger partial charge on any atom is -0.495 e. The molecule has 3 N–H and O–H groups in total. The molecule has 0 fully saturated rings. The van der Waals surface area contributed by atoms with Gasteiger partial charge in [0.15, 0.2) is 5.65 Å². The van der Waals surface area contributed by atoms with E-state index in [1.165, 1.54) is 11.3 Å². The first kappa shape index (κ1) is 19.7. The molecule has 1 atom stereocenters. The van der Waals surface area contributed by atoms with Crippen LogP contribution in [0.2, 0.25) is 5.02 Å². The minimum absolute atomic E-state index is 0.513. The smallest absolute Gasteiger partial charge is 0.163 e. The molecule has 1 unspecified atom stereocenters. The molecule has 9 heteroatoms. The van der Waals surface area contributed by atoms with Crippen LogP contribution in [-0.2, 0) is 0 Å². The number of anilines is 2. The summed E-state index contributed by atoms with van der Waals surface area (Å²) in [7, 11) is 3.30. The highest BCUT2D eigenvalue weighted by molar-refractivity contribution is 7.10. The van der Waals surface area contributed by atoms with Crippen LogP contribution in [-0.4, -0.2) is 34.0 Å². The SMILES string of the molecule is CNC(O)c1cc(-n2ncc3cc(Nc4cccc(OC)c4Cl)c(C)nc32)cs1. The van der Waals surface area contributed by atoms with Crippen molar-refractivity contribution < 1.29 is 9.84 Å². The summed E-state index contributed by atoms with van der Waals surface area (Å²) in [5, 5.41) is 23.9. The van der Waals surface area contributed by atoms with Crippen LogP contribution in [0.15, 0.2) is 41.9 Å². The molecule has 0 spiro atoms. The number of benzene rings is 1. The lowest BCUT2D eigenvalue weighted by Gasteiger charge is -2.13. The summed E-state index contributed by atoms with van der Waals surface area (Å²) in [5.74, 6) is 0.605. The van der Waals surface area contributed by atoms with E-state index in [-0.39, 0.29) is 0 Å². The average Bonchev–Trinajstić information content (AvgIpc) is 3.36. The van der Waals surface area contributed by atoms with Gasteiger partial charge in [0.05, 0.1) is 36.1 Å². The second-order valence-electron chi connectivity index (χ2n) is 6.44. The van der Waals surface area contributed by atoms with Crippen LogP contribution >= 0.6 is 22.9 Å². The van der Waals surface area contributed by atoms with Gasteiger partial charge in [0.1, 0.15) is 17.0 Å². The van der Waals surface area contributed by atoms with Crippen LogP contribution in [0.25, 0.3) is 16.7 Å². The molecular formula is C20H20ClN5O2S. The second kappa shape index (κ2) is 8.00. The summed E-state index contributed by atoms with van der Waals surface area (Å²) >= 11 is 7.87. The molecule has 4 aromatic rings. The number of pyridine rings is 1. The number of halogens is 1. The Labute approximate surface area is 176 Å². The Morgan fingerprint density at radius 1 is 1.28 bits per heavy atom. The molecule has 0 radical (unpaired) electrons. The quantitative estimate of drug-likeness (QED) is 0.394. The Balaban J connectivity index is 1.70. The van der Waals surface area contributed by atoms with Crippen molar-refractivity contribution in [1.29, 1.82) is 0 Å². The highest BCUT2D eigenvalue weighted by Crippen LogP contribution is 2.35. The number of nitrogens with zero attached hydrogens (tertiary/aromatic N) is 3. The number of rotatable bonds is 6. The van der Waals surface area contributed by atoms with Crippen LogP contribution in [0.3, 0.4) is 0 Å². The molecular weight excluding hydrogens is 410 g/mol. The Morgan fingerprint density at radius 3 is 2.86 bits per heavy atom. The Bertz CT molecular complexity index is 1170. The molecule has 0 aliphatic heterocycles. The number of aryl methyl sites for hydroxylation is 1. The predicted molar refractivity (Wildman–Crippen MR) is 117 cm³/mol. The minimum atomic E-state index is -0.700. The third-order valence-electron chi connectivity index (χ3n) is 4.58.